The molecule has 3 unspecified atom stereocenters. The Morgan fingerprint density at radius 3 is 2.52 bits per heavy atom. The number of nitrogens with two attached hydrogens (primary N) is 1. The van der Waals surface area contributed by atoms with E-state index in [2.05, 4.69) is 0 Å². The zero-order valence-electron chi connectivity index (χ0n) is 15.7. The maximum absolute atomic E-state index is 12.4. The van der Waals surface area contributed by atoms with Crippen LogP contribution >= 0.6 is 12.4 Å². The van der Waals surface area contributed by atoms with E-state index in [9.17, 15) is 14.4 Å². The lowest BCUT2D eigenvalue weighted by Gasteiger charge is -2.33. The third-order valence-electron chi connectivity index (χ3n) is 4.68. The second kappa shape index (κ2) is 11.3. The summed E-state index contributed by atoms with van der Waals surface area (Å²) in [4.78, 5) is 39.6. The maximum atomic E-state index is 12.4. The van der Waals surface area contributed by atoms with E-state index >= 15 is 0 Å². The van der Waals surface area contributed by atoms with Gasteiger partial charge in [-0.25, -0.2) is 0 Å². The fourth-order valence-corrected chi connectivity index (χ4v) is 2.79. The fraction of sp³-hybridized carbons (Fsp3) is 0.824. The van der Waals surface area contributed by atoms with Crippen LogP contribution in [0, 0.1) is 11.8 Å². The molecule has 1 heterocycles. The first-order valence-corrected chi connectivity index (χ1v) is 8.76. The van der Waals surface area contributed by atoms with Gasteiger partial charge < -0.3 is 20.3 Å². The predicted octanol–water partition coefficient (Wildman–Crippen LogP) is 1.04. The minimum atomic E-state index is -0.596. The molecule has 8 heteroatoms. The first-order valence-electron chi connectivity index (χ1n) is 8.76. The van der Waals surface area contributed by atoms with Gasteiger partial charge in [0.1, 0.15) is 0 Å². The molecule has 1 aliphatic heterocycles. The number of hydrogen-bond donors (Lipinski definition) is 1. The van der Waals surface area contributed by atoms with Gasteiger partial charge in [-0.15, -0.1) is 12.4 Å². The van der Waals surface area contributed by atoms with Crippen LogP contribution in [0.3, 0.4) is 0 Å². The van der Waals surface area contributed by atoms with Crippen LogP contribution in [0.15, 0.2) is 0 Å². The highest BCUT2D eigenvalue weighted by molar-refractivity contribution is 5.87. The number of halogens is 1. The molecule has 7 nitrogen and oxygen atoms in total. The monoisotopic (exact) mass is 377 g/mol. The Hall–Kier alpha value is -1.34. The van der Waals surface area contributed by atoms with Crippen LogP contribution in [0.4, 0.5) is 0 Å². The molecule has 1 saturated heterocycles. The van der Waals surface area contributed by atoms with Gasteiger partial charge in [-0.05, 0) is 25.7 Å². The standard InChI is InChI=1S/C17H31N3O4.ClH/c1-5-12(3)15(18)16(22)19(4)11-14(21)20-9-7-8-13(10-20)17(23)24-6-2;/h12-13,15H,5-11,18H2,1-4H3;1H. The van der Waals surface area contributed by atoms with Gasteiger partial charge in [-0.1, -0.05) is 20.3 Å². The number of amides is 2. The van der Waals surface area contributed by atoms with Crippen LogP contribution in [0.25, 0.3) is 0 Å². The molecule has 0 aliphatic carbocycles. The second-order valence-electron chi connectivity index (χ2n) is 6.54. The Balaban J connectivity index is 0.00000576. The first kappa shape index (κ1) is 23.7. The summed E-state index contributed by atoms with van der Waals surface area (Å²) in [5, 5.41) is 0. The summed E-state index contributed by atoms with van der Waals surface area (Å²) in [5.41, 5.74) is 5.94. The Morgan fingerprint density at radius 2 is 1.96 bits per heavy atom. The zero-order chi connectivity index (χ0) is 18.3. The van der Waals surface area contributed by atoms with Gasteiger partial charge in [0.15, 0.2) is 0 Å². The fourth-order valence-electron chi connectivity index (χ4n) is 2.79. The number of piperidine rings is 1. The van der Waals surface area contributed by atoms with Crippen LogP contribution in [-0.4, -0.2) is 66.9 Å². The Labute approximate surface area is 156 Å². The number of likely N-dealkylation sites (N-methyl/N-ethyl adjacent to an activating group) is 1. The highest BCUT2D eigenvalue weighted by atomic mass is 35.5. The van der Waals surface area contributed by atoms with E-state index in [1.54, 1.807) is 18.9 Å². The van der Waals surface area contributed by atoms with E-state index in [0.29, 0.717) is 19.7 Å². The number of hydrogen-bond acceptors (Lipinski definition) is 5. The van der Waals surface area contributed by atoms with Crippen LogP contribution in [0.1, 0.15) is 40.0 Å². The van der Waals surface area contributed by atoms with Crippen molar-refractivity contribution >= 4 is 30.2 Å². The van der Waals surface area contributed by atoms with Crippen molar-refractivity contribution in [2.24, 2.45) is 17.6 Å². The maximum Gasteiger partial charge on any atom is 0.310 e. The van der Waals surface area contributed by atoms with Crippen molar-refractivity contribution in [3.8, 4) is 0 Å². The molecule has 25 heavy (non-hydrogen) atoms. The summed E-state index contributed by atoms with van der Waals surface area (Å²) < 4.78 is 5.04. The number of rotatable bonds is 7. The van der Waals surface area contributed by atoms with Crippen molar-refractivity contribution in [2.75, 3.05) is 33.3 Å². The molecule has 0 saturated carbocycles. The van der Waals surface area contributed by atoms with Gasteiger partial charge in [0.2, 0.25) is 11.8 Å². The number of nitrogens with zero attached hydrogens (tertiary/aromatic N) is 2. The average molecular weight is 378 g/mol. The second-order valence-corrected chi connectivity index (χ2v) is 6.54. The van der Waals surface area contributed by atoms with E-state index in [1.807, 2.05) is 13.8 Å². The topological polar surface area (TPSA) is 92.9 Å². The van der Waals surface area contributed by atoms with E-state index in [-0.39, 0.29) is 48.6 Å². The molecule has 1 aliphatic rings. The Kier molecular flexibility index (Phi) is 10.7. The molecule has 2 N–H and O–H groups in total. The van der Waals surface area contributed by atoms with Gasteiger partial charge in [0, 0.05) is 20.1 Å². The lowest BCUT2D eigenvalue weighted by atomic mass is 9.98. The van der Waals surface area contributed by atoms with Crippen molar-refractivity contribution in [2.45, 2.75) is 46.1 Å². The van der Waals surface area contributed by atoms with Crippen molar-refractivity contribution in [1.82, 2.24) is 9.80 Å². The van der Waals surface area contributed by atoms with Crippen LogP contribution in [0.2, 0.25) is 0 Å². The van der Waals surface area contributed by atoms with Gasteiger partial charge in [0.05, 0.1) is 25.1 Å². The Morgan fingerprint density at radius 1 is 1.32 bits per heavy atom. The largest absolute Gasteiger partial charge is 0.466 e. The highest BCUT2D eigenvalue weighted by Crippen LogP contribution is 2.18. The minimum absolute atomic E-state index is 0. The first-order chi connectivity index (χ1) is 11.3. The van der Waals surface area contributed by atoms with Crippen molar-refractivity contribution in [3.63, 3.8) is 0 Å². The number of carbonyl (C=O) groups is 3. The van der Waals surface area contributed by atoms with Gasteiger partial charge in [-0.3, -0.25) is 14.4 Å². The molecular weight excluding hydrogens is 346 g/mol. The minimum Gasteiger partial charge on any atom is -0.466 e. The summed E-state index contributed by atoms with van der Waals surface area (Å²) >= 11 is 0. The lowest BCUT2D eigenvalue weighted by molar-refractivity contribution is -0.152. The van der Waals surface area contributed by atoms with E-state index in [1.165, 1.54) is 4.90 Å². The lowest BCUT2D eigenvalue weighted by Crippen LogP contribution is -2.51. The SMILES string of the molecule is CCOC(=O)C1CCCN(C(=O)CN(C)C(=O)C(N)C(C)CC)C1.Cl. The number of likely N-dealkylation sites (tertiary alicyclic amines) is 1. The summed E-state index contributed by atoms with van der Waals surface area (Å²) in [6, 6.07) is -0.596. The summed E-state index contributed by atoms with van der Waals surface area (Å²) in [6.45, 7) is 6.96. The number of carbonyl (C=O) groups excluding carboxylic acids is 3. The molecule has 0 radical (unpaired) electrons. The highest BCUT2D eigenvalue weighted by Gasteiger charge is 2.31. The summed E-state index contributed by atoms with van der Waals surface area (Å²) in [7, 11) is 1.59. The molecular formula is C17H32ClN3O4. The summed E-state index contributed by atoms with van der Waals surface area (Å²) in [5.74, 6) is -0.838. The molecule has 1 rings (SSSR count). The molecule has 2 amide bonds. The third-order valence-corrected chi connectivity index (χ3v) is 4.68. The van der Waals surface area contributed by atoms with Gasteiger partial charge in [-0.2, -0.15) is 0 Å². The molecule has 0 aromatic heterocycles. The molecule has 1 fully saturated rings. The average Bonchev–Trinajstić information content (AvgIpc) is 2.59. The Bertz CT molecular complexity index is 461. The summed E-state index contributed by atoms with van der Waals surface area (Å²) in [6.07, 6.45) is 2.30. The van der Waals surface area contributed by atoms with Gasteiger partial charge in [0.25, 0.3) is 0 Å². The quantitative estimate of drug-likeness (QED) is 0.669. The van der Waals surface area contributed by atoms with E-state index < -0.39 is 6.04 Å². The molecule has 0 spiro atoms. The molecule has 0 aromatic carbocycles. The number of esters is 1. The number of ether oxygens (including phenoxy) is 1. The van der Waals surface area contributed by atoms with Crippen molar-refractivity contribution < 1.29 is 19.1 Å². The third kappa shape index (κ3) is 6.82. The van der Waals surface area contributed by atoms with E-state index in [0.717, 1.165) is 19.3 Å². The molecule has 0 bridgehead atoms. The molecule has 3 atom stereocenters. The molecule has 0 aromatic rings. The van der Waals surface area contributed by atoms with Crippen molar-refractivity contribution in [1.29, 1.82) is 0 Å². The predicted molar refractivity (Wildman–Crippen MR) is 98.3 cm³/mol. The van der Waals surface area contributed by atoms with Crippen LogP contribution < -0.4 is 5.73 Å². The smallest absolute Gasteiger partial charge is 0.310 e. The van der Waals surface area contributed by atoms with Crippen molar-refractivity contribution in [3.05, 3.63) is 0 Å². The van der Waals surface area contributed by atoms with Crippen LogP contribution in [0.5, 0.6) is 0 Å². The zero-order valence-corrected chi connectivity index (χ0v) is 16.5. The molecule has 146 valence electrons. The van der Waals surface area contributed by atoms with Crippen LogP contribution in [-0.2, 0) is 19.1 Å². The van der Waals surface area contributed by atoms with Gasteiger partial charge >= 0.3 is 5.97 Å². The normalized spacial score (nSPS) is 19.4. The van der Waals surface area contributed by atoms with E-state index in [4.69, 9.17) is 10.5 Å².